The van der Waals surface area contributed by atoms with Crippen molar-refractivity contribution in [3.05, 3.63) is 35.1 Å². The Labute approximate surface area is 134 Å². The SMILES string of the molecule is CN(C(=O)Cc1coc2cc3c(cc12)CCC3)C(C)(C)C(=O)O. The van der Waals surface area contributed by atoms with Gasteiger partial charge in [-0.05, 0) is 56.4 Å². The summed E-state index contributed by atoms with van der Waals surface area (Å²) in [5.41, 5.74) is 3.03. The summed E-state index contributed by atoms with van der Waals surface area (Å²) in [6.45, 7) is 3.04. The number of aliphatic carboxylic acids is 1. The highest BCUT2D eigenvalue weighted by Gasteiger charge is 2.35. The van der Waals surface area contributed by atoms with Gasteiger partial charge in [-0.3, -0.25) is 4.79 Å². The molecule has 0 saturated carbocycles. The van der Waals surface area contributed by atoms with Crippen molar-refractivity contribution < 1.29 is 19.1 Å². The van der Waals surface area contributed by atoms with Gasteiger partial charge in [0.05, 0.1) is 12.7 Å². The second-order valence-electron chi connectivity index (χ2n) is 6.73. The maximum atomic E-state index is 12.5. The van der Waals surface area contributed by atoms with Gasteiger partial charge in [-0.25, -0.2) is 4.79 Å². The molecule has 0 saturated heterocycles. The Hall–Kier alpha value is -2.30. The van der Waals surface area contributed by atoms with Gasteiger partial charge in [-0.2, -0.15) is 0 Å². The van der Waals surface area contributed by atoms with Crippen molar-refractivity contribution in [2.24, 2.45) is 0 Å². The zero-order valence-electron chi connectivity index (χ0n) is 13.7. The summed E-state index contributed by atoms with van der Waals surface area (Å²) in [5, 5.41) is 10.2. The molecule has 1 aromatic carbocycles. The van der Waals surface area contributed by atoms with Crippen LogP contribution in [0.15, 0.2) is 22.8 Å². The van der Waals surface area contributed by atoms with Gasteiger partial charge in [0.2, 0.25) is 5.91 Å². The van der Waals surface area contributed by atoms with E-state index in [4.69, 9.17) is 4.42 Å². The molecule has 5 heteroatoms. The summed E-state index contributed by atoms with van der Waals surface area (Å²) in [6, 6.07) is 4.18. The number of carboxylic acids is 1. The van der Waals surface area contributed by atoms with Gasteiger partial charge >= 0.3 is 5.97 Å². The van der Waals surface area contributed by atoms with Crippen molar-refractivity contribution in [2.75, 3.05) is 7.05 Å². The molecule has 0 bridgehead atoms. The third-order valence-electron chi connectivity index (χ3n) is 4.95. The maximum Gasteiger partial charge on any atom is 0.329 e. The normalized spacial score (nSPS) is 14.0. The molecule has 1 aliphatic carbocycles. The summed E-state index contributed by atoms with van der Waals surface area (Å²) in [5.74, 6) is -1.26. The summed E-state index contributed by atoms with van der Waals surface area (Å²) < 4.78 is 5.60. The molecule has 0 atom stereocenters. The van der Waals surface area contributed by atoms with Crippen LogP contribution in [0.25, 0.3) is 11.0 Å². The van der Waals surface area contributed by atoms with Crippen molar-refractivity contribution in [1.29, 1.82) is 0 Å². The lowest BCUT2D eigenvalue weighted by Crippen LogP contribution is -2.51. The first-order chi connectivity index (χ1) is 10.8. The lowest BCUT2D eigenvalue weighted by atomic mass is 10.0. The first kappa shape index (κ1) is 15.6. The van der Waals surface area contributed by atoms with Crippen molar-refractivity contribution in [2.45, 2.75) is 45.1 Å². The molecule has 0 radical (unpaired) electrons. The van der Waals surface area contributed by atoms with Crippen LogP contribution in [0.5, 0.6) is 0 Å². The first-order valence-electron chi connectivity index (χ1n) is 7.82. The first-order valence-corrected chi connectivity index (χ1v) is 7.82. The van der Waals surface area contributed by atoms with Crippen molar-refractivity contribution in [3.8, 4) is 0 Å². The van der Waals surface area contributed by atoms with Crippen LogP contribution >= 0.6 is 0 Å². The van der Waals surface area contributed by atoms with Crippen LogP contribution in [0.2, 0.25) is 0 Å². The van der Waals surface area contributed by atoms with Crippen LogP contribution in [0.4, 0.5) is 0 Å². The van der Waals surface area contributed by atoms with Gasteiger partial charge in [-0.15, -0.1) is 0 Å². The number of furan rings is 1. The van der Waals surface area contributed by atoms with Gasteiger partial charge in [0, 0.05) is 18.0 Å². The zero-order valence-corrected chi connectivity index (χ0v) is 13.7. The van der Waals surface area contributed by atoms with Crippen LogP contribution in [0.1, 0.15) is 37.0 Å². The zero-order chi connectivity index (χ0) is 16.8. The molecule has 23 heavy (non-hydrogen) atoms. The van der Waals surface area contributed by atoms with Gasteiger partial charge in [0.25, 0.3) is 0 Å². The fourth-order valence-corrected chi connectivity index (χ4v) is 3.02. The number of aryl methyl sites for hydroxylation is 2. The maximum absolute atomic E-state index is 12.5. The number of fused-ring (bicyclic) bond motifs is 2. The molecule has 3 rings (SSSR count). The van der Waals surface area contributed by atoms with E-state index >= 15 is 0 Å². The minimum atomic E-state index is -1.24. The highest BCUT2D eigenvalue weighted by molar-refractivity contribution is 5.91. The summed E-state index contributed by atoms with van der Waals surface area (Å²) in [7, 11) is 1.52. The molecule has 0 unspecified atom stereocenters. The molecule has 1 N–H and O–H groups in total. The molecule has 5 nitrogen and oxygen atoms in total. The van der Waals surface area contributed by atoms with E-state index in [9.17, 15) is 14.7 Å². The average molecular weight is 315 g/mol. The van der Waals surface area contributed by atoms with E-state index < -0.39 is 11.5 Å². The molecule has 1 heterocycles. The van der Waals surface area contributed by atoms with Gasteiger partial charge in [0.1, 0.15) is 11.1 Å². The number of likely N-dealkylation sites (N-methyl/N-ethyl adjacent to an activating group) is 1. The van der Waals surface area contributed by atoms with Gasteiger partial charge in [0.15, 0.2) is 0 Å². The Morgan fingerprint density at radius 2 is 1.91 bits per heavy atom. The largest absolute Gasteiger partial charge is 0.480 e. The van der Waals surface area contributed by atoms with E-state index in [1.807, 2.05) is 0 Å². The third-order valence-corrected chi connectivity index (χ3v) is 4.95. The van der Waals surface area contributed by atoms with Crippen LogP contribution in [-0.4, -0.2) is 34.5 Å². The molecule has 1 aliphatic rings. The number of carbonyl (C=O) groups excluding carboxylic acids is 1. The molecular formula is C18H21NO4. The quantitative estimate of drug-likeness (QED) is 0.942. The van der Waals surface area contributed by atoms with E-state index in [0.29, 0.717) is 0 Å². The number of carbonyl (C=O) groups is 2. The number of hydrogen-bond donors (Lipinski definition) is 1. The molecule has 0 spiro atoms. The van der Waals surface area contributed by atoms with Crippen molar-refractivity contribution in [1.82, 2.24) is 4.90 Å². The second kappa shape index (κ2) is 5.41. The van der Waals surface area contributed by atoms with Crippen molar-refractivity contribution in [3.63, 3.8) is 0 Å². The Morgan fingerprint density at radius 3 is 2.57 bits per heavy atom. The smallest absolute Gasteiger partial charge is 0.329 e. The minimum absolute atomic E-state index is 0.138. The van der Waals surface area contributed by atoms with Gasteiger partial charge < -0.3 is 14.4 Å². The summed E-state index contributed by atoms with van der Waals surface area (Å²) >= 11 is 0. The number of amides is 1. The minimum Gasteiger partial charge on any atom is -0.480 e. The van der Waals surface area contributed by atoms with E-state index in [1.54, 1.807) is 6.26 Å². The molecule has 0 aliphatic heterocycles. The highest BCUT2D eigenvalue weighted by atomic mass is 16.4. The molecular weight excluding hydrogens is 294 g/mol. The summed E-state index contributed by atoms with van der Waals surface area (Å²) in [4.78, 5) is 25.0. The Kier molecular flexibility index (Phi) is 3.66. The average Bonchev–Trinajstić information content (AvgIpc) is 3.10. The number of benzene rings is 1. The van der Waals surface area contributed by atoms with Crippen LogP contribution < -0.4 is 0 Å². The molecule has 122 valence electrons. The van der Waals surface area contributed by atoms with E-state index in [2.05, 4.69) is 12.1 Å². The van der Waals surface area contributed by atoms with Crippen LogP contribution in [-0.2, 0) is 28.9 Å². The van der Waals surface area contributed by atoms with Crippen LogP contribution in [0.3, 0.4) is 0 Å². The molecule has 0 fully saturated rings. The lowest BCUT2D eigenvalue weighted by molar-refractivity contribution is -0.155. The fraction of sp³-hybridized carbons (Fsp3) is 0.444. The fourth-order valence-electron chi connectivity index (χ4n) is 3.02. The van der Waals surface area contributed by atoms with Crippen LogP contribution in [0, 0.1) is 0 Å². The predicted molar refractivity (Wildman–Crippen MR) is 86.4 cm³/mol. The second-order valence-corrected chi connectivity index (χ2v) is 6.73. The topological polar surface area (TPSA) is 70.8 Å². The van der Waals surface area contributed by atoms with E-state index in [-0.39, 0.29) is 12.3 Å². The Balaban J connectivity index is 1.87. The highest BCUT2D eigenvalue weighted by Crippen LogP contribution is 2.31. The predicted octanol–water partition coefficient (Wildman–Crippen LogP) is 2.79. The Morgan fingerprint density at radius 1 is 1.26 bits per heavy atom. The number of carboxylic acid groups (broad SMARTS) is 1. The Bertz CT molecular complexity index is 788. The monoisotopic (exact) mass is 315 g/mol. The van der Waals surface area contributed by atoms with E-state index in [1.165, 1.54) is 36.9 Å². The standard InChI is InChI=1S/C18H21NO4/c1-18(2,17(21)22)19(3)16(20)9-13-10-23-15-8-12-6-4-5-11(12)7-14(13)15/h7-8,10H,4-6,9H2,1-3H3,(H,21,22). The van der Waals surface area contributed by atoms with E-state index in [0.717, 1.165) is 35.8 Å². The molecule has 2 aromatic rings. The lowest BCUT2D eigenvalue weighted by Gasteiger charge is -2.31. The summed E-state index contributed by atoms with van der Waals surface area (Å²) in [6.07, 6.45) is 5.05. The van der Waals surface area contributed by atoms with Gasteiger partial charge in [-0.1, -0.05) is 0 Å². The molecule has 1 aromatic heterocycles. The number of nitrogens with zero attached hydrogens (tertiary/aromatic N) is 1. The molecule has 1 amide bonds. The third kappa shape index (κ3) is 2.60. The number of rotatable bonds is 4. The number of hydrogen-bond acceptors (Lipinski definition) is 3. The van der Waals surface area contributed by atoms with Crippen molar-refractivity contribution >= 4 is 22.8 Å².